The van der Waals surface area contributed by atoms with E-state index in [-0.39, 0.29) is 5.56 Å². The first kappa shape index (κ1) is 22.0. The van der Waals surface area contributed by atoms with Crippen LogP contribution >= 0.6 is 42.4 Å². The van der Waals surface area contributed by atoms with Gasteiger partial charge in [-0.15, -0.1) is 0 Å². The number of ether oxygens (including phenoxy) is 1. The molecule has 27 heavy (non-hydrogen) atoms. The van der Waals surface area contributed by atoms with E-state index >= 15 is 0 Å². The number of ketones is 1. The number of carbonyl (C=O) groups excluding carboxylic acids is 2. The van der Waals surface area contributed by atoms with Gasteiger partial charge in [-0.2, -0.15) is 0 Å². The van der Waals surface area contributed by atoms with Crippen molar-refractivity contribution in [1.29, 1.82) is 0 Å². The molecule has 3 N–H and O–H groups in total. The fourth-order valence-electron chi connectivity index (χ4n) is 2.33. The van der Waals surface area contributed by atoms with Crippen LogP contribution in [0.25, 0.3) is 10.8 Å². The van der Waals surface area contributed by atoms with E-state index in [4.69, 9.17) is 34.8 Å². The smallest absolute Gasteiger partial charge is 0.408 e. The van der Waals surface area contributed by atoms with E-state index in [1.807, 2.05) is 5.32 Å². The number of alkyl halides is 3. The summed E-state index contributed by atoms with van der Waals surface area (Å²) in [5.74, 6) is -2.34. The van der Waals surface area contributed by atoms with Crippen molar-refractivity contribution in [2.24, 2.45) is 0 Å². The third-order valence-corrected chi connectivity index (χ3v) is 4.98. The van der Waals surface area contributed by atoms with Crippen LogP contribution in [-0.2, 0) is 9.30 Å². The number of benzene rings is 2. The summed E-state index contributed by atoms with van der Waals surface area (Å²) >= 11 is 16.3. The zero-order valence-electron chi connectivity index (χ0n) is 13.6. The van der Waals surface area contributed by atoms with Crippen molar-refractivity contribution in [2.45, 2.75) is 16.0 Å². The molecule has 0 spiro atoms. The molecule has 2 aromatic carbocycles. The largest absolute Gasteiger partial charge is 0.445 e. The predicted octanol–water partition coefficient (Wildman–Crippen LogP) is 4.01. The fourth-order valence-corrected chi connectivity index (χ4v) is 3.17. The number of rotatable bonds is 6. The average molecular weight is 455 g/mol. The first-order chi connectivity index (χ1) is 12.5. The Bertz CT molecular complexity index is 890. The van der Waals surface area contributed by atoms with E-state index < -0.39 is 42.1 Å². The van der Waals surface area contributed by atoms with E-state index in [0.717, 1.165) is 5.39 Å². The number of fused-ring (bicyclic) bond motifs is 1. The Kier molecular flexibility index (Phi) is 7.14. The first-order valence-electron chi connectivity index (χ1n) is 7.53. The van der Waals surface area contributed by atoms with Gasteiger partial charge >= 0.3 is 13.7 Å². The van der Waals surface area contributed by atoms with Crippen molar-refractivity contribution in [1.82, 2.24) is 5.32 Å². The SMILES string of the molecule is O=C(NC(CC(=O)c1cccc2ccccc12)P(=O)(O)O)OCC(Cl)(Cl)Cl. The minimum Gasteiger partial charge on any atom is -0.445 e. The molecular formula is C16H15Cl3NO6P. The molecule has 0 radical (unpaired) electrons. The number of carbonyl (C=O) groups is 2. The molecule has 0 aliphatic heterocycles. The topological polar surface area (TPSA) is 113 Å². The van der Waals surface area contributed by atoms with Crippen LogP contribution in [0.3, 0.4) is 0 Å². The van der Waals surface area contributed by atoms with Gasteiger partial charge in [0.15, 0.2) is 5.78 Å². The Hall–Kier alpha value is -1.34. The molecule has 0 aliphatic rings. The molecule has 11 heteroatoms. The summed E-state index contributed by atoms with van der Waals surface area (Å²) in [5.41, 5.74) is 0.281. The minimum atomic E-state index is -4.86. The lowest BCUT2D eigenvalue weighted by Gasteiger charge is -2.20. The number of Topliss-reactive ketones (excluding diaryl/α,β-unsaturated/α-hetero) is 1. The highest BCUT2D eigenvalue weighted by atomic mass is 35.6. The van der Waals surface area contributed by atoms with Gasteiger partial charge in [-0.3, -0.25) is 9.36 Å². The standard InChI is InChI=1S/C16H15Cl3NO6P/c17-16(18,19)9-26-15(22)20-14(27(23,24)25)8-13(21)12-7-3-5-10-4-1-2-6-11(10)12/h1-7,14H,8-9H2,(H,20,22)(H2,23,24,25). The molecule has 0 saturated carbocycles. The van der Waals surface area contributed by atoms with Crippen LogP contribution < -0.4 is 5.32 Å². The summed E-state index contributed by atoms with van der Waals surface area (Å²) < 4.78 is 14.4. The lowest BCUT2D eigenvalue weighted by atomic mass is 10.00. The van der Waals surface area contributed by atoms with Gasteiger partial charge < -0.3 is 19.8 Å². The van der Waals surface area contributed by atoms with Crippen LogP contribution in [0.15, 0.2) is 42.5 Å². The second kappa shape index (κ2) is 8.78. The molecule has 1 atom stereocenters. The van der Waals surface area contributed by atoms with E-state index in [0.29, 0.717) is 5.39 Å². The van der Waals surface area contributed by atoms with E-state index in [1.54, 1.807) is 42.5 Å². The quantitative estimate of drug-likeness (QED) is 0.345. The summed E-state index contributed by atoms with van der Waals surface area (Å²) in [6.07, 6.45) is -1.86. The van der Waals surface area contributed by atoms with Crippen LogP contribution in [0.1, 0.15) is 16.8 Å². The highest BCUT2D eigenvalue weighted by Crippen LogP contribution is 2.42. The van der Waals surface area contributed by atoms with Crippen molar-refractivity contribution in [3.05, 3.63) is 48.0 Å². The number of hydrogen-bond donors (Lipinski definition) is 3. The monoisotopic (exact) mass is 453 g/mol. The molecule has 146 valence electrons. The number of amides is 1. The molecule has 0 aromatic heterocycles. The zero-order chi connectivity index (χ0) is 20.2. The second-order valence-corrected chi connectivity index (χ2v) is 9.91. The second-order valence-electron chi connectivity index (χ2n) is 5.59. The molecular weight excluding hydrogens is 440 g/mol. The summed E-state index contributed by atoms with van der Waals surface area (Å²) in [4.78, 5) is 43.3. The maximum absolute atomic E-state index is 12.6. The molecule has 1 unspecified atom stereocenters. The van der Waals surface area contributed by atoms with Gasteiger partial charge in [0, 0.05) is 12.0 Å². The number of alkyl carbamates (subject to hydrolysis) is 1. The summed E-state index contributed by atoms with van der Waals surface area (Å²) in [5, 5.41) is 3.39. The maximum atomic E-state index is 12.6. The van der Waals surface area contributed by atoms with Crippen molar-refractivity contribution in [3.8, 4) is 0 Å². The van der Waals surface area contributed by atoms with Crippen molar-refractivity contribution in [3.63, 3.8) is 0 Å². The van der Waals surface area contributed by atoms with Crippen LogP contribution in [0.4, 0.5) is 4.79 Å². The Labute approximate surface area is 169 Å². The summed E-state index contributed by atoms with van der Waals surface area (Å²) in [6.45, 7) is -0.630. The fraction of sp³-hybridized carbons (Fsp3) is 0.250. The first-order valence-corrected chi connectivity index (χ1v) is 10.3. The van der Waals surface area contributed by atoms with Crippen molar-refractivity contribution < 1.29 is 28.7 Å². The van der Waals surface area contributed by atoms with Gasteiger partial charge in [-0.05, 0) is 10.8 Å². The molecule has 0 bridgehead atoms. The normalized spacial score (nSPS) is 13.2. The van der Waals surface area contributed by atoms with Crippen LogP contribution in [0.2, 0.25) is 0 Å². The Balaban J connectivity index is 2.17. The highest BCUT2D eigenvalue weighted by Gasteiger charge is 2.34. The van der Waals surface area contributed by atoms with Gasteiger partial charge in [0.2, 0.25) is 3.79 Å². The zero-order valence-corrected chi connectivity index (χ0v) is 16.8. The lowest BCUT2D eigenvalue weighted by Crippen LogP contribution is -2.38. The van der Waals surface area contributed by atoms with Crippen LogP contribution in [0.5, 0.6) is 0 Å². The molecule has 0 fully saturated rings. The predicted molar refractivity (Wildman–Crippen MR) is 104 cm³/mol. The number of hydrogen-bond acceptors (Lipinski definition) is 4. The Morgan fingerprint density at radius 3 is 2.37 bits per heavy atom. The van der Waals surface area contributed by atoms with Gasteiger partial charge in [-0.1, -0.05) is 77.3 Å². The van der Waals surface area contributed by atoms with E-state index in [2.05, 4.69) is 4.74 Å². The molecule has 0 saturated heterocycles. The lowest BCUT2D eigenvalue weighted by molar-refractivity contribution is 0.0972. The minimum absolute atomic E-state index is 0.281. The Morgan fingerprint density at radius 1 is 1.11 bits per heavy atom. The van der Waals surface area contributed by atoms with Gasteiger partial charge in [0.25, 0.3) is 0 Å². The van der Waals surface area contributed by atoms with Gasteiger partial charge in [-0.25, -0.2) is 4.79 Å². The number of halogens is 3. The molecule has 0 aliphatic carbocycles. The summed E-state index contributed by atoms with van der Waals surface area (Å²) in [7, 11) is -4.86. The third kappa shape index (κ3) is 6.64. The highest BCUT2D eigenvalue weighted by molar-refractivity contribution is 7.52. The van der Waals surface area contributed by atoms with Gasteiger partial charge in [0.1, 0.15) is 12.4 Å². The summed E-state index contributed by atoms with van der Waals surface area (Å²) in [6, 6.07) is 12.1. The van der Waals surface area contributed by atoms with Crippen LogP contribution in [-0.4, -0.2) is 37.8 Å². The molecule has 2 rings (SSSR count). The van der Waals surface area contributed by atoms with Crippen LogP contribution in [0, 0.1) is 0 Å². The molecule has 1 amide bonds. The van der Waals surface area contributed by atoms with E-state index in [1.165, 1.54) is 0 Å². The maximum Gasteiger partial charge on any atom is 0.408 e. The molecule has 0 heterocycles. The third-order valence-electron chi connectivity index (χ3n) is 3.53. The Morgan fingerprint density at radius 2 is 1.74 bits per heavy atom. The van der Waals surface area contributed by atoms with Crippen molar-refractivity contribution >= 4 is 65.0 Å². The molecule has 2 aromatic rings. The van der Waals surface area contributed by atoms with E-state index in [9.17, 15) is 23.9 Å². The van der Waals surface area contributed by atoms with Crippen molar-refractivity contribution in [2.75, 3.05) is 6.61 Å². The number of nitrogens with one attached hydrogen (secondary N) is 1. The average Bonchev–Trinajstić information content (AvgIpc) is 2.57. The molecule has 7 nitrogen and oxygen atoms in total. The van der Waals surface area contributed by atoms with Gasteiger partial charge in [0.05, 0.1) is 0 Å².